The molecule has 1 fully saturated rings. The number of sulfonamides is 1. The van der Waals surface area contributed by atoms with E-state index < -0.39 is 10.0 Å². The monoisotopic (exact) mass is 397 g/mol. The van der Waals surface area contributed by atoms with Crippen molar-refractivity contribution in [3.63, 3.8) is 0 Å². The van der Waals surface area contributed by atoms with Gasteiger partial charge in [-0.3, -0.25) is 4.90 Å². The Hall–Kier alpha value is -2.48. The third-order valence-electron chi connectivity index (χ3n) is 4.97. The minimum Gasteiger partial charge on any atom is -0.359 e. The molecule has 2 heterocycles. The lowest BCUT2D eigenvalue weighted by molar-refractivity contribution is 0.180. The second-order valence-electron chi connectivity index (χ2n) is 7.03. The molecule has 1 aliphatic heterocycles. The van der Waals surface area contributed by atoms with Crippen molar-refractivity contribution >= 4 is 10.0 Å². The van der Waals surface area contributed by atoms with E-state index in [2.05, 4.69) is 14.8 Å². The molecule has 0 bridgehead atoms. The summed E-state index contributed by atoms with van der Waals surface area (Å²) in [7, 11) is -3.46. The second-order valence-corrected chi connectivity index (χ2v) is 8.74. The van der Waals surface area contributed by atoms with E-state index in [0.29, 0.717) is 11.4 Å². The molecule has 0 unspecified atom stereocenters. The number of nitrogens with one attached hydrogen (secondary N) is 1. The zero-order valence-electron chi connectivity index (χ0n) is 15.5. The summed E-state index contributed by atoms with van der Waals surface area (Å²) in [6, 6.07) is 20.4. The number of likely N-dealkylation sites (tertiary alicyclic amines) is 1. The number of hydrogen-bond donors (Lipinski definition) is 1. The van der Waals surface area contributed by atoms with Crippen molar-refractivity contribution in [3.8, 4) is 11.3 Å². The molecule has 0 atom stereocenters. The van der Waals surface area contributed by atoms with Gasteiger partial charge in [0.25, 0.3) is 0 Å². The van der Waals surface area contributed by atoms with Gasteiger partial charge in [0.2, 0.25) is 10.0 Å². The van der Waals surface area contributed by atoms with E-state index in [4.69, 9.17) is 4.52 Å². The van der Waals surface area contributed by atoms with E-state index in [1.54, 1.807) is 24.3 Å². The van der Waals surface area contributed by atoms with Gasteiger partial charge in [-0.1, -0.05) is 53.7 Å². The van der Waals surface area contributed by atoms with Crippen LogP contribution in [0.5, 0.6) is 0 Å². The van der Waals surface area contributed by atoms with Crippen molar-refractivity contribution in [2.45, 2.75) is 30.3 Å². The number of hydrogen-bond acceptors (Lipinski definition) is 5. The lowest BCUT2D eigenvalue weighted by Gasteiger charge is -2.31. The largest absolute Gasteiger partial charge is 0.359 e. The lowest BCUT2D eigenvalue weighted by Crippen LogP contribution is -2.44. The van der Waals surface area contributed by atoms with Gasteiger partial charge in [-0.25, -0.2) is 13.1 Å². The molecule has 1 saturated heterocycles. The highest BCUT2D eigenvalue weighted by atomic mass is 32.2. The summed E-state index contributed by atoms with van der Waals surface area (Å²) in [6.07, 6.45) is 1.54. The lowest BCUT2D eigenvalue weighted by atomic mass is 10.1. The fourth-order valence-electron chi connectivity index (χ4n) is 3.45. The molecular weight excluding hydrogens is 374 g/mol. The van der Waals surface area contributed by atoms with Crippen molar-refractivity contribution in [1.29, 1.82) is 0 Å². The van der Waals surface area contributed by atoms with Crippen molar-refractivity contribution in [2.75, 3.05) is 13.1 Å². The molecule has 0 saturated carbocycles. The van der Waals surface area contributed by atoms with Crippen LogP contribution < -0.4 is 4.72 Å². The van der Waals surface area contributed by atoms with Gasteiger partial charge in [-0.15, -0.1) is 0 Å². The van der Waals surface area contributed by atoms with E-state index >= 15 is 0 Å². The molecule has 146 valence electrons. The van der Waals surface area contributed by atoms with Crippen LogP contribution in [0.2, 0.25) is 0 Å². The van der Waals surface area contributed by atoms with Crippen molar-refractivity contribution in [2.24, 2.45) is 0 Å². The molecule has 2 aromatic carbocycles. The number of aromatic nitrogens is 1. The van der Waals surface area contributed by atoms with E-state index in [-0.39, 0.29) is 6.04 Å². The highest BCUT2D eigenvalue weighted by molar-refractivity contribution is 7.89. The van der Waals surface area contributed by atoms with Crippen LogP contribution in [0, 0.1) is 0 Å². The van der Waals surface area contributed by atoms with Gasteiger partial charge in [-0.2, -0.15) is 0 Å². The average molecular weight is 398 g/mol. The maximum Gasteiger partial charge on any atom is 0.240 e. The van der Waals surface area contributed by atoms with Crippen LogP contribution >= 0.6 is 0 Å². The normalized spacial score (nSPS) is 16.3. The summed E-state index contributed by atoms with van der Waals surface area (Å²) < 4.78 is 33.2. The van der Waals surface area contributed by atoms with Crippen LogP contribution in [0.25, 0.3) is 11.3 Å². The third kappa shape index (κ3) is 4.49. The molecule has 7 heteroatoms. The summed E-state index contributed by atoms with van der Waals surface area (Å²) in [4.78, 5) is 2.58. The van der Waals surface area contributed by atoms with Crippen molar-refractivity contribution < 1.29 is 12.9 Å². The SMILES string of the molecule is O=S(=O)(NC1CCN(Cc2cc(-c3ccccc3)no2)CC1)c1ccccc1. The Bertz CT molecular complexity index is 996. The molecule has 0 spiro atoms. The highest BCUT2D eigenvalue weighted by Crippen LogP contribution is 2.21. The Labute approximate surface area is 165 Å². The van der Waals surface area contributed by atoms with Crippen LogP contribution in [-0.4, -0.2) is 37.6 Å². The van der Waals surface area contributed by atoms with Crippen molar-refractivity contribution in [1.82, 2.24) is 14.8 Å². The minimum atomic E-state index is -3.46. The quantitative estimate of drug-likeness (QED) is 0.691. The molecule has 0 amide bonds. The molecule has 1 aromatic heterocycles. The zero-order chi connectivity index (χ0) is 19.4. The van der Waals surface area contributed by atoms with Crippen LogP contribution in [0.3, 0.4) is 0 Å². The van der Waals surface area contributed by atoms with E-state index in [1.165, 1.54) is 0 Å². The maximum atomic E-state index is 12.5. The Morgan fingerprint density at radius 1 is 1.00 bits per heavy atom. The minimum absolute atomic E-state index is 0.0453. The predicted octanol–water partition coefficient (Wildman–Crippen LogP) is 3.28. The van der Waals surface area contributed by atoms with Gasteiger partial charge in [-0.05, 0) is 25.0 Å². The summed E-state index contributed by atoms with van der Waals surface area (Å²) >= 11 is 0. The van der Waals surface area contributed by atoms with Gasteiger partial charge in [0.05, 0.1) is 11.4 Å². The molecule has 6 nitrogen and oxygen atoms in total. The van der Waals surface area contributed by atoms with Crippen LogP contribution in [-0.2, 0) is 16.6 Å². The molecule has 3 aromatic rings. The van der Waals surface area contributed by atoms with E-state index in [9.17, 15) is 8.42 Å². The first-order valence-corrected chi connectivity index (χ1v) is 10.9. The van der Waals surface area contributed by atoms with Gasteiger partial charge in [0.15, 0.2) is 5.76 Å². The zero-order valence-corrected chi connectivity index (χ0v) is 16.3. The van der Waals surface area contributed by atoms with E-state index in [1.807, 2.05) is 42.5 Å². The predicted molar refractivity (Wildman–Crippen MR) is 107 cm³/mol. The number of benzene rings is 2. The molecule has 0 aliphatic carbocycles. The Morgan fingerprint density at radius 2 is 1.64 bits per heavy atom. The number of piperidine rings is 1. The van der Waals surface area contributed by atoms with Crippen LogP contribution in [0.1, 0.15) is 18.6 Å². The Balaban J connectivity index is 1.31. The summed E-state index contributed by atoms with van der Waals surface area (Å²) in [6.45, 7) is 2.30. The average Bonchev–Trinajstić information content (AvgIpc) is 3.19. The molecule has 28 heavy (non-hydrogen) atoms. The summed E-state index contributed by atoms with van der Waals surface area (Å²) in [5, 5.41) is 4.16. The first kappa shape index (κ1) is 18.9. The van der Waals surface area contributed by atoms with Gasteiger partial charge >= 0.3 is 0 Å². The van der Waals surface area contributed by atoms with Crippen LogP contribution in [0.15, 0.2) is 76.1 Å². The third-order valence-corrected chi connectivity index (χ3v) is 6.51. The molecule has 1 aliphatic rings. The summed E-state index contributed by atoms with van der Waals surface area (Å²) in [5.41, 5.74) is 1.87. The molecule has 1 N–H and O–H groups in total. The molecule has 4 rings (SSSR count). The second kappa shape index (κ2) is 8.26. The van der Waals surface area contributed by atoms with Crippen molar-refractivity contribution in [3.05, 3.63) is 72.5 Å². The van der Waals surface area contributed by atoms with E-state index in [0.717, 1.165) is 42.9 Å². The molecular formula is C21H23N3O3S. The smallest absolute Gasteiger partial charge is 0.240 e. The summed E-state index contributed by atoms with van der Waals surface area (Å²) in [5.74, 6) is 0.821. The maximum absolute atomic E-state index is 12.5. The first-order valence-electron chi connectivity index (χ1n) is 9.41. The van der Waals surface area contributed by atoms with Gasteiger partial charge in [0, 0.05) is 30.8 Å². The standard InChI is InChI=1S/C21H23N3O3S/c25-28(26,20-9-5-2-6-10-20)23-18-11-13-24(14-12-18)16-19-15-21(22-27-19)17-7-3-1-4-8-17/h1-10,15,18,23H,11-14,16H2. The Morgan fingerprint density at radius 3 is 2.32 bits per heavy atom. The first-order chi connectivity index (χ1) is 13.6. The van der Waals surface area contributed by atoms with Gasteiger partial charge < -0.3 is 4.52 Å². The fourth-order valence-corrected chi connectivity index (χ4v) is 4.77. The van der Waals surface area contributed by atoms with Crippen LogP contribution in [0.4, 0.5) is 0 Å². The number of nitrogens with zero attached hydrogens (tertiary/aromatic N) is 2. The molecule has 0 radical (unpaired) electrons. The topological polar surface area (TPSA) is 75.4 Å². The Kier molecular flexibility index (Phi) is 5.57. The highest BCUT2D eigenvalue weighted by Gasteiger charge is 2.25. The van der Waals surface area contributed by atoms with Gasteiger partial charge in [0.1, 0.15) is 5.69 Å². The number of rotatable bonds is 6. The fraction of sp³-hybridized carbons (Fsp3) is 0.286.